The van der Waals surface area contributed by atoms with Crippen molar-refractivity contribution in [3.8, 4) is 5.06 Å². The third kappa shape index (κ3) is 1.01. The van der Waals surface area contributed by atoms with Gasteiger partial charge >= 0.3 is 0 Å². The average Bonchev–Trinajstić information content (AvgIpc) is 2.14. The maximum Gasteiger partial charge on any atom is 0.171 e. The molecule has 8 heavy (non-hydrogen) atoms. The van der Waals surface area contributed by atoms with Gasteiger partial charge < -0.3 is 5.11 Å². The third-order valence-electron chi connectivity index (χ3n) is 1.05. The summed E-state index contributed by atoms with van der Waals surface area (Å²) in [7, 11) is 0. The molecule has 1 aromatic rings. The van der Waals surface area contributed by atoms with Crippen molar-refractivity contribution < 1.29 is 5.11 Å². The molecule has 0 saturated heterocycles. The maximum atomic E-state index is 8.80. The number of thiophene rings is 1. The fraction of sp³-hybridized carbons (Fsp3) is 0.333. The molecule has 0 aliphatic heterocycles. The van der Waals surface area contributed by atoms with E-state index >= 15 is 0 Å². The molecule has 1 aromatic heterocycles. The van der Waals surface area contributed by atoms with Crippen LogP contribution in [0.25, 0.3) is 0 Å². The zero-order valence-corrected chi connectivity index (χ0v) is 5.53. The van der Waals surface area contributed by atoms with Crippen molar-refractivity contribution in [2.45, 2.75) is 13.3 Å². The Morgan fingerprint density at radius 3 is 2.75 bits per heavy atom. The Balaban J connectivity index is 2.84. The molecule has 1 heterocycles. The van der Waals surface area contributed by atoms with Crippen molar-refractivity contribution in [3.05, 3.63) is 17.0 Å². The van der Waals surface area contributed by atoms with Crippen molar-refractivity contribution in [3.63, 3.8) is 0 Å². The third-order valence-corrected chi connectivity index (χ3v) is 1.83. The summed E-state index contributed by atoms with van der Waals surface area (Å²) in [5, 5.41) is 11.2. The van der Waals surface area contributed by atoms with Crippen LogP contribution in [0.2, 0.25) is 0 Å². The topological polar surface area (TPSA) is 20.2 Å². The normalized spacial score (nSPS) is 9.62. The first-order valence-corrected chi connectivity index (χ1v) is 3.47. The van der Waals surface area contributed by atoms with E-state index in [4.69, 9.17) is 5.11 Å². The molecule has 0 aliphatic carbocycles. The minimum atomic E-state index is 0.418. The Hall–Kier alpha value is -0.500. The summed E-state index contributed by atoms with van der Waals surface area (Å²) < 4.78 is 0. The number of aromatic hydroxyl groups is 1. The second-order valence-electron chi connectivity index (χ2n) is 1.65. The molecule has 0 fully saturated rings. The SMILES string of the molecule is CCc1csc(O)c1. The molecule has 0 aromatic carbocycles. The van der Waals surface area contributed by atoms with E-state index in [1.54, 1.807) is 6.07 Å². The first kappa shape index (κ1) is 5.63. The summed E-state index contributed by atoms with van der Waals surface area (Å²) in [6.07, 6.45) is 1.01. The van der Waals surface area contributed by atoms with Gasteiger partial charge in [-0.1, -0.05) is 6.92 Å². The minimum absolute atomic E-state index is 0.418. The average molecular weight is 128 g/mol. The van der Waals surface area contributed by atoms with E-state index < -0.39 is 0 Å². The molecular formula is C6H8OS. The van der Waals surface area contributed by atoms with Crippen molar-refractivity contribution in [2.24, 2.45) is 0 Å². The van der Waals surface area contributed by atoms with E-state index in [0.29, 0.717) is 5.06 Å². The van der Waals surface area contributed by atoms with Gasteiger partial charge in [0.25, 0.3) is 0 Å². The lowest BCUT2D eigenvalue weighted by Gasteiger charge is -1.79. The Bertz CT molecular complexity index is 169. The summed E-state index contributed by atoms with van der Waals surface area (Å²) in [5.41, 5.74) is 1.22. The van der Waals surface area contributed by atoms with Gasteiger partial charge in [-0.15, -0.1) is 11.3 Å². The molecule has 0 spiro atoms. The minimum Gasteiger partial charge on any atom is -0.499 e. The molecule has 0 bridgehead atoms. The number of aryl methyl sites for hydroxylation is 1. The Labute approximate surface area is 52.6 Å². The summed E-state index contributed by atoms with van der Waals surface area (Å²) in [6.45, 7) is 2.07. The van der Waals surface area contributed by atoms with Crippen LogP contribution in [-0.2, 0) is 6.42 Å². The molecule has 0 radical (unpaired) electrons. The number of hydrogen-bond donors (Lipinski definition) is 1. The van der Waals surface area contributed by atoms with Crippen LogP contribution in [0.5, 0.6) is 5.06 Å². The van der Waals surface area contributed by atoms with E-state index in [0.717, 1.165) is 6.42 Å². The maximum absolute atomic E-state index is 8.80. The Morgan fingerprint density at radius 2 is 2.50 bits per heavy atom. The van der Waals surface area contributed by atoms with Gasteiger partial charge in [0, 0.05) is 0 Å². The lowest BCUT2D eigenvalue weighted by molar-refractivity contribution is 0.490. The van der Waals surface area contributed by atoms with Crippen molar-refractivity contribution in [1.29, 1.82) is 0 Å². The molecular weight excluding hydrogens is 120 g/mol. The van der Waals surface area contributed by atoms with Gasteiger partial charge in [0.15, 0.2) is 5.06 Å². The van der Waals surface area contributed by atoms with Gasteiger partial charge in [-0.3, -0.25) is 0 Å². The zero-order chi connectivity index (χ0) is 5.98. The molecule has 1 N–H and O–H groups in total. The lowest BCUT2D eigenvalue weighted by Crippen LogP contribution is -1.66. The van der Waals surface area contributed by atoms with E-state index in [9.17, 15) is 0 Å². The first-order chi connectivity index (χ1) is 3.83. The predicted molar refractivity (Wildman–Crippen MR) is 35.4 cm³/mol. The van der Waals surface area contributed by atoms with Gasteiger partial charge in [-0.25, -0.2) is 0 Å². The highest BCUT2D eigenvalue weighted by atomic mass is 32.1. The van der Waals surface area contributed by atoms with Crippen LogP contribution in [0, 0.1) is 0 Å². The highest BCUT2D eigenvalue weighted by molar-refractivity contribution is 7.11. The molecule has 0 unspecified atom stereocenters. The molecule has 2 heteroatoms. The summed E-state index contributed by atoms with van der Waals surface area (Å²) in [6, 6.07) is 1.80. The standard InChI is InChI=1S/C6H8OS/c1-2-5-3-6(7)8-4-5/h3-4,7H,2H2,1H3. The van der Waals surface area contributed by atoms with Gasteiger partial charge in [-0.2, -0.15) is 0 Å². The summed E-state index contributed by atoms with van der Waals surface area (Å²) in [5.74, 6) is 0. The van der Waals surface area contributed by atoms with Crippen LogP contribution in [0.1, 0.15) is 12.5 Å². The molecule has 0 aliphatic rings. The van der Waals surface area contributed by atoms with Gasteiger partial charge in [0.2, 0.25) is 0 Å². The molecule has 0 saturated carbocycles. The van der Waals surface area contributed by atoms with Crippen LogP contribution < -0.4 is 0 Å². The highest BCUT2D eigenvalue weighted by Crippen LogP contribution is 2.20. The van der Waals surface area contributed by atoms with E-state index in [1.165, 1.54) is 16.9 Å². The molecule has 1 rings (SSSR count). The number of hydrogen-bond acceptors (Lipinski definition) is 2. The van der Waals surface area contributed by atoms with Crippen molar-refractivity contribution in [1.82, 2.24) is 0 Å². The summed E-state index contributed by atoms with van der Waals surface area (Å²) >= 11 is 1.38. The van der Waals surface area contributed by atoms with Gasteiger partial charge in [0.1, 0.15) is 0 Å². The van der Waals surface area contributed by atoms with E-state index in [-0.39, 0.29) is 0 Å². The largest absolute Gasteiger partial charge is 0.499 e. The monoisotopic (exact) mass is 128 g/mol. The van der Waals surface area contributed by atoms with Crippen molar-refractivity contribution >= 4 is 11.3 Å². The van der Waals surface area contributed by atoms with Crippen molar-refractivity contribution in [2.75, 3.05) is 0 Å². The van der Waals surface area contributed by atoms with Crippen LogP contribution >= 0.6 is 11.3 Å². The zero-order valence-electron chi connectivity index (χ0n) is 4.72. The van der Waals surface area contributed by atoms with Crippen LogP contribution in [-0.4, -0.2) is 5.11 Å². The second-order valence-corrected chi connectivity index (χ2v) is 2.54. The van der Waals surface area contributed by atoms with Crippen LogP contribution in [0.15, 0.2) is 11.4 Å². The van der Waals surface area contributed by atoms with Crippen LogP contribution in [0.4, 0.5) is 0 Å². The van der Waals surface area contributed by atoms with E-state index in [2.05, 4.69) is 6.92 Å². The van der Waals surface area contributed by atoms with Gasteiger partial charge in [0.05, 0.1) is 0 Å². The second kappa shape index (κ2) is 2.18. The lowest BCUT2D eigenvalue weighted by atomic mass is 10.3. The highest BCUT2D eigenvalue weighted by Gasteiger charge is 1.91. The fourth-order valence-electron chi connectivity index (χ4n) is 0.548. The quantitative estimate of drug-likeness (QED) is 0.613. The smallest absolute Gasteiger partial charge is 0.171 e. The first-order valence-electron chi connectivity index (χ1n) is 2.59. The Morgan fingerprint density at radius 1 is 1.75 bits per heavy atom. The Kier molecular flexibility index (Phi) is 1.53. The fourth-order valence-corrected chi connectivity index (χ4v) is 1.27. The van der Waals surface area contributed by atoms with Crippen LogP contribution in [0.3, 0.4) is 0 Å². The summed E-state index contributed by atoms with van der Waals surface area (Å²) in [4.78, 5) is 0. The molecule has 0 amide bonds. The number of rotatable bonds is 1. The molecule has 44 valence electrons. The molecule has 0 atom stereocenters. The predicted octanol–water partition coefficient (Wildman–Crippen LogP) is 2.02. The molecule has 1 nitrogen and oxygen atoms in total. The van der Waals surface area contributed by atoms with Gasteiger partial charge in [-0.05, 0) is 23.4 Å². The van der Waals surface area contributed by atoms with E-state index in [1.807, 2.05) is 5.38 Å².